The van der Waals surface area contributed by atoms with Crippen molar-refractivity contribution < 1.29 is 28.4 Å². The van der Waals surface area contributed by atoms with Gasteiger partial charge in [-0.05, 0) is 31.0 Å². The second-order valence-corrected chi connectivity index (χ2v) is 9.67. The van der Waals surface area contributed by atoms with E-state index in [0.29, 0.717) is 41.9 Å². The van der Waals surface area contributed by atoms with Crippen LogP contribution in [-0.4, -0.2) is 76.7 Å². The lowest BCUT2D eigenvalue weighted by Gasteiger charge is -2.25. The van der Waals surface area contributed by atoms with Crippen molar-refractivity contribution in [2.24, 2.45) is 5.92 Å². The van der Waals surface area contributed by atoms with E-state index in [1.54, 1.807) is 32.4 Å². The summed E-state index contributed by atoms with van der Waals surface area (Å²) in [6.45, 7) is 6.23. The van der Waals surface area contributed by atoms with E-state index in [1.807, 2.05) is 36.7 Å². The van der Waals surface area contributed by atoms with Gasteiger partial charge in [-0.2, -0.15) is 0 Å². The lowest BCUT2D eigenvalue weighted by Crippen LogP contribution is -2.53. The minimum Gasteiger partial charge on any atom is -0.493 e. The molecule has 12 heteroatoms. The molecule has 3 heterocycles. The molecule has 39 heavy (non-hydrogen) atoms. The van der Waals surface area contributed by atoms with Gasteiger partial charge in [0.05, 0.1) is 32.3 Å². The highest BCUT2D eigenvalue weighted by molar-refractivity contribution is 5.90. The number of aryl methyl sites for hydroxylation is 1. The van der Waals surface area contributed by atoms with Crippen LogP contribution in [0.4, 0.5) is 0 Å². The Labute approximate surface area is 226 Å². The van der Waals surface area contributed by atoms with Gasteiger partial charge in [-0.15, -0.1) is 0 Å². The Kier molecular flexibility index (Phi) is 8.84. The van der Waals surface area contributed by atoms with Crippen LogP contribution in [0.15, 0.2) is 41.2 Å². The Morgan fingerprint density at radius 3 is 2.77 bits per heavy atom. The fourth-order valence-corrected chi connectivity index (χ4v) is 4.33. The van der Waals surface area contributed by atoms with Crippen molar-refractivity contribution in [2.75, 3.05) is 33.4 Å². The van der Waals surface area contributed by atoms with Crippen molar-refractivity contribution in [2.45, 2.75) is 39.8 Å². The van der Waals surface area contributed by atoms with Crippen LogP contribution in [0.25, 0.3) is 11.4 Å². The van der Waals surface area contributed by atoms with Crippen LogP contribution in [-0.2, 0) is 27.3 Å². The van der Waals surface area contributed by atoms with Gasteiger partial charge in [0.15, 0.2) is 11.5 Å². The molecule has 0 unspecified atom stereocenters. The molecule has 0 spiro atoms. The number of methoxy groups -OCH3 is 1. The van der Waals surface area contributed by atoms with Gasteiger partial charge in [-0.25, -0.2) is 4.98 Å². The number of hydrogen-bond acceptors (Lipinski definition) is 8. The van der Waals surface area contributed by atoms with E-state index in [2.05, 4.69) is 20.8 Å². The Bertz CT molecular complexity index is 1320. The molecule has 1 aromatic carbocycles. The molecule has 3 aromatic rings. The molecular formula is C27H34N6O6. The second kappa shape index (κ2) is 12.5. The van der Waals surface area contributed by atoms with Crippen LogP contribution >= 0.6 is 0 Å². The Morgan fingerprint density at radius 2 is 2.05 bits per heavy atom. The standard InChI is InChI=1S/C27H34N6O6/c1-17(2)25-27(36)29-8-10-32-9-7-28-26(32)19-5-6-21(37-4)22(14-19)38-12-11-33(16-23(34)30-25)24(35)15-20-13-18(3)31-39-20/h5-7,9,13-14,17,25H,8,10-12,15-16H2,1-4H3,(H,29,36)(H,30,34)/t25-/m1/s1. The van der Waals surface area contributed by atoms with Crippen molar-refractivity contribution in [3.8, 4) is 22.9 Å². The molecule has 0 saturated heterocycles. The molecule has 3 amide bonds. The summed E-state index contributed by atoms with van der Waals surface area (Å²) in [5, 5.41) is 9.52. The third-order valence-electron chi connectivity index (χ3n) is 6.36. The number of amides is 3. The average Bonchev–Trinajstić information content (AvgIpc) is 3.54. The van der Waals surface area contributed by atoms with Crippen molar-refractivity contribution in [3.63, 3.8) is 0 Å². The first-order chi connectivity index (χ1) is 18.7. The SMILES string of the molecule is COc1ccc2cc1OCCN(C(=O)Cc1cc(C)no1)CC(=O)N[C@H](C(C)C)C(=O)NCCn1ccnc1-2. The molecular weight excluding hydrogens is 504 g/mol. The lowest BCUT2D eigenvalue weighted by atomic mass is 10.0. The molecule has 208 valence electrons. The summed E-state index contributed by atoms with van der Waals surface area (Å²) in [7, 11) is 1.55. The number of hydrogen-bond donors (Lipinski definition) is 2. The fourth-order valence-electron chi connectivity index (χ4n) is 4.33. The maximum Gasteiger partial charge on any atom is 0.242 e. The second-order valence-electron chi connectivity index (χ2n) is 9.67. The highest BCUT2D eigenvalue weighted by Gasteiger charge is 2.27. The lowest BCUT2D eigenvalue weighted by molar-refractivity contribution is -0.137. The van der Waals surface area contributed by atoms with Gasteiger partial charge < -0.3 is 34.1 Å². The molecule has 0 fully saturated rings. The van der Waals surface area contributed by atoms with Crippen LogP contribution in [0.1, 0.15) is 25.3 Å². The number of aromatic nitrogens is 3. The zero-order valence-electron chi connectivity index (χ0n) is 22.6. The molecule has 1 aliphatic rings. The molecule has 0 radical (unpaired) electrons. The zero-order chi connectivity index (χ0) is 27.9. The van der Waals surface area contributed by atoms with Gasteiger partial charge in [0.25, 0.3) is 0 Å². The minimum atomic E-state index is -0.764. The number of ether oxygens (including phenoxy) is 2. The van der Waals surface area contributed by atoms with Gasteiger partial charge in [-0.1, -0.05) is 19.0 Å². The predicted octanol–water partition coefficient (Wildman–Crippen LogP) is 1.58. The molecule has 1 aliphatic heterocycles. The van der Waals surface area contributed by atoms with Crippen molar-refractivity contribution in [1.29, 1.82) is 0 Å². The normalized spacial score (nSPS) is 17.1. The van der Waals surface area contributed by atoms with E-state index in [4.69, 9.17) is 14.0 Å². The van der Waals surface area contributed by atoms with E-state index in [-0.39, 0.29) is 43.8 Å². The van der Waals surface area contributed by atoms with E-state index in [1.165, 1.54) is 4.90 Å². The predicted molar refractivity (Wildman–Crippen MR) is 141 cm³/mol. The van der Waals surface area contributed by atoms with Crippen LogP contribution in [0.5, 0.6) is 11.5 Å². The highest BCUT2D eigenvalue weighted by Crippen LogP contribution is 2.32. The summed E-state index contributed by atoms with van der Waals surface area (Å²) in [5.41, 5.74) is 1.46. The Balaban J connectivity index is 1.62. The Hall–Kier alpha value is -4.35. The third-order valence-corrected chi connectivity index (χ3v) is 6.36. The van der Waals surface area contributed by atoms with Crippen LogP contribution in [0.3, 0.4) is 0 Å². The molecule has 4 rings (SSSR count). The highest BCUT2D eigenvalue weighted by atomic mass is 16.5. The summed E-state index contributed by atoms with van der Waals surface area (Å²) >= 11 is 0. The van der Waals surface area contributed by atoms with Crippen molar-refractivity contribution in [3.05, 3.63) is 48.1 Å². The van der Waals surface area contributed by atoms with E-state index in [0.717, 1.165) is 5.56 Å². The quantitative estimate of drug-likeness (QED) is 0.510. The number of rotatable bonds is 4. The smallest absolute Gasteiger partial charge is 0.242 e. The summed E-state index contributed by atoms with van der Waals surface area (Å²) in [4.78, 5) is 45.1. The van der Waals surface area contributed by atoms with Gasteiger partial charge in [0.2, 0.25) is 17.7 Å². The minimum absolute atomic E-state index is 0.0658. The fraction of sp³-hybridized carbons (Fsp3) is 0.444. The van der Waals surface area contributed by atoms with E-state index >= 15 is 0 Å². The first-order valence-electron chi connectivity index (χ1n) is 12.8. The number of fused-ring (bicyclic) bond motifs is 4. The number of carbonyl (C=O) groups is 3. The van der Waals surface area contributed by atoms with Gasteiger partial charge in [0, 0.05) is 37.1 Å². The first-order valence-corrected chi connectivity index (χ1v) is 12.8. The average molecular weight is 539 g/mol. The summed E-state index contributed by atoms with van der Waals surface area (Å²) < 4.78 is 18.6. The molecule has 2 aromatic heterocycles. The molecule has 2 bridgehead atoms. The van der Waals surface area contributed by atoms with Crippen molar-refractivity contribution >= 4 is 17.7 Å². The van der Waals surface area contributed by atoms with Gasteiger partial charge in [0.1, 0.15) is 24.2 Å². The maximum atomic E-state index is 13.2. The molecule has 12 nitrogen and oxygen atoms in total. The van der Waals surface area contributed by atoms with E-state index < -0.39 is 11.9 Å². The van der Waals surface area contributed by atoms with Gasteiger partial charge >= 0.3 is 0 Å². The molecule has 0 aliphatic carbocycles. The van der Waals surface area contributed by atoms with Crippen LogP contribution in [0, 0.1) is 12.8 Å². The number of nitrogens with zero attached hydrogens (tertiary/aromatic N) is 4. The third kappa shape index (κ3) is 6.95. The van der Waals surface area contributed by atoms with Crippen LogP contribution < -0.4 is 20.1 Å². The monoisotopic (exact) mass is 538 g/mol. The molecule has 0 saturated carbocycles. The number of nitrogens with one attached hydrogen (secondary N) is 2. The van der Waals surface area contributed by atoms with Gasteiger partial charge in [-0.3, -0.25) is 14.4 Å². The number of carbonyl (C=O) groups excluding carboxylic acids is 3. The molecule has 1 atom stereocenters. The molecule has 2 N–H and O–H groups in total. The summed E-state index contributed by atoms with van der Waals surface area (Å²) in [6, 6.07) is 6.39. The maximum absolute atomic E-state index is 13.2. The largest absolute Gasteiger partial charge is 0.493 e. The number of benzene rings is 1. The topological polar surface area (TPSA) is 141 Å². The zero-order valence-corrected chi connectivity index (χ0v) is 22.6. The Morgan fingerprint density at radius 1 is 1.23 bits per heavy atom. The number of imidazole rings is 1. The summed E-state index contributed by atoms with van der Waals surface area (Å²) in [6.07, 6.45) is 3.46. The summed E-state index contributed by atoms with van der Waals surface area (Å²) in [5.74, 6) is 0.843. The van der Waals surface area contributed by atoms with E-state index in [9.17, 15) is 14.4 Å². The van der Waals surface area contributed by atoms with Crippen molar-refractivity contribution in [1.82, 2.24) is 30.2 Å². The van der Waals surface area contributed by atoms with Crippen LogP contribution in [0.2, 0.25) is 0 Å². The first kappa shape index (κ1) is 27.7.